The molecule has 4 rings (SSSR count). The second kappa shape index (κ2) is 6.07. The van der Waals surface area contributed by atoms with Crippen molar-refractivity contribution in [3.8, 4) is 28.4 Å². The first-order chi connectivity index (χ1) is 12.5. The molecule has 1 aromatic heterocycles. The van der Waals surface area contributed by atoms with Crippen molar-refractivity contribution in [2.24, 2.45) is 0 Å². The van der Waals surface area contributed by atoms with Crippen molar-refractivity contribution >= 4 is 17.6 Å². The van der Waals surface area contributed by atoms with Crippen LogP contribution < -0.4 is 9.47 Å². The summed E-state index contributed by atoms with van der Waals surface area (Å²) in [5, 5.41) is 14.5. The van der Waals surface area contributed by atoms with Crippen molar-refractivity contribution in [1.82, 2.24) is 9.78 Å². The maximum absolute atomic E-state index is 11.7. The molecule has 0 saturated carbocycles. The second-order valence-corrected chi connectivity index (χ2v) is 6.35. The third kappa shape index (κ3) is 2.42. The molecule has 3 aromatic rings. The number of ether oxygens (including phenoxy) is 2. The van der Waals surface area contributed by atoms with E-state index in [-0.39, 0.29) is 5.69 Å². The summed E-state index contributed by atoms with van der Waals surface area (Å²) in [4.78, 5) is 11.7. The van der Waals surface area contributed by atoms with Gasteiger partial charge in [-0.3, -0.25) is 0 Å². The molecule has 0 amide bonds. The second-order valence-electron chi connectivity index (χ2n) is 5.91. The van der Waals surface area contributed by atoms with Gasteiger partial charge in [0.15, 0.2) is 17.2 Å². The molecule has 1 aliphatic rings. The van der Waals surface area contributed by atoms with Gasteiger partial charge in [0.1, 0.15) is 0 Å². The van der Waals surface area contributed by atoms with Crippen molar-refractivity contribution in [3.63, 3.8) is 0 Å². The number of carbonyl (C=O) groups is 1. The van der Waals surface area contributed by atoms with Gasteiger partial charge in [-0.25, -0.2) is 9.48 Å². The number of methoxy groups -OCH3 is 2. The number of rotatable bonds is 4. The Morgan fingerprint density at radius 1 is 1.15 bits per heavy atom. The molecule has 0 atom stereocenters. The number of aromatic nitrogens is 2. The summed E-state index contributed by atoms with van der Waals surface area (Å²) in [6.07, 6.45) is 0.472. The molecule has 7 heteroatoms. The van der Waals surface area contributed by atoms with Crippen LogP contribution in [-0.4, -0.2) is 35.1 Å². The summed E-state index contributed by atoms with van der Waals surface area (Å²) in [5.41, 5.74) is 4.07. The highest BCUT2D eigenvalue weighted by atomic mass is 35.5. The molecule has 6 nitrogen and oxygen atoms in total. The molecule has 1 N–H and O–H groups in total. The third-order valence-electron chi connectivity index (χ3n) is 4.49. The van der Waals surface area contributed by atoms with E-state index in [0.717, 1.165) is 22.5 Å². The van der Waals surface area contributed by atoms with Crippen LogP contribution in [0, 0.1) is 0 Å². The molecule has 1 aliphatic carbocycles. The predicted molar refractivity (Wildman–Crippen MR) is 96.9 cm³/mol. The van der Waals surface area contributed by atoms with Gasteiger partial charge >= 0.3 is 5.97 Å². The molecule has 0 unspecified atom stereocenters. The lowest BCUT2D eigenvalue weighted by Gasteiger charge is -2.12. The number of hydrogen-bond donors (Lipinski definition) is 1. The molecular formula is C19H15ClN2O4. The van der Waals surface area contributed by atoms with E-state index in [1.54, 1.807) is 43.2 Å². The van der Waals surface area contributed by atoms with E-state index < -0.39 is 5.97 Å². The van der Waals surface area contributed by atoms with Crippen LogP contribution in [0.2, 0.25) is 5.02 Å². The van der Waals surface area contributed by atoms with E-state index >= 15 is 0 Å². The first kappa shape index (κ1) is 16.5. The Morgan fingerprint density at radius 2 is 1.81 bits per heavy atom. The van der Waals surface area contributed by atoms with Crippen LogP contribution in [0.1, 0.15) is 21.6 Å². The first-order valence-corrected chi connectivity index (χ1v) is 8.27. The normalized spacial score (nSPS) is 11.8. The highest BCUT2D eigenvalue weighted by Gasteiger charge is 2.32. The van der Waals surface area contributed by atoms with E-state index in [1.165, 1.54) is 0 Å². The maximum Gasteiger partial charge on any atom is 0.356 e. The smallest absolute Gasteiger partial charge is 0.356 e. The Balaban J connectivity index is 1.98. The number of aromatic carboxylic acids is 1. The van der Waals surface area contributed by atoms with Gasteiger partial charge in [-0.2, -0.15) is 5.10 Å². The highest BCUT2D eigenvalue weighted by molar-refractivity contribution is 6.30. The Morgan fingerprint density at radius 3 is 2.42 bits per heavy atom. The van der Waals surface area contributed by atoms with E-state index in [1.807, 2.05) is 12.1 Å². The third-order valence-corrected chi connectivity index (χ3v) is 4.74. The average molecular weight is 371 g/mol. The van der Waals surface area contributed by atoms with Gasteiger partial charge in [0.25, 0.3) is 0 Å². The Bertz CT molecular complexity index is 1030. The van der Waals surface area contributed by atoms with Crippen LogP contribution in [0.4, 0.5) is 0 Å². The monoisotopic (exact) mass is 370 g/mol. The van der Waals surface area contributed by atoms with Gasteiger partial charge in [0.05, 0.1) is 25.6 Å². The number of fused-ring (bicyclic) bond motifs is 3. The topological polar surface area (TPSA) is 73.6 Å². The Labute approximate surface area is 154 Å². The molecule has 0 radical (unpaired) electrons. The standard InChI is InChI=1S/C19H15ClN2O4/c1-25-15-8-10-7-14-17(19(23)24)21-22(12-5-3-11(20)4-6-12)18(14)13(10)9-16(15)26-2/h3-6,8-9H,7H2,1-2H3,(H,23,24). The molecule has 1 heterocycles. The van der Waals surface area contributed by atoms with Crippen LogP contribution in [0.15, 0.2) is 36.4 Å². The first-order valence-electron chi connectivity index (χ1n) is 7.90. The molecule has 2 aromatic carbocycles. The van der Waals surface area contributed by atoms with E-state index in [9.17, 15) is 9.90 Å². The van der Waals surface area contributed by atoms with Gasteiger partial charge in [-0.05, 0) is 42.0 Å². The lowest BCUT2D eigenvalue weighted by Crippen LogP contribution is -2.04. The van der Waals surface area contributed by atoms with Crippen molar-refractivity contribution < 1.29 is 19.4 Å². The molecule has 0 aliphatic heterocycles. The quantitative estimate of drug-likeness (QED) is 0.591. The summed E-state index contributed by atoms with van der Waals surface area (Å²) in [7, 11) is 3.14. The summed E-state index contributed by atoms with van der Waals surface area (Å²) in [5.74, 6) is 0.139. The van der Waals surface area contributed by atoms with Gasteiger partial charge < -0.3 is 14.6 Å². The molecule has 0 bridgehead atoms. The number of carboxylic acids is 1. The Hall–Kier alpha value is -2.99. The van der Waals surface area contributed by atoms with Crippen LogP contribution in [0.5, 0.6) is 11.5 Å². The summed E-state index contributed by atoms with van der Waals surface area (Å²) >= 11 is 5.97. The van der Waals surface area contributed by atoms with E-state index in [0.29, 0.717) is 28.5 Å². The van der Waals surface area contributed by atoms with Gasteiger partial charge in [-0.1, -0.05) is 11.6 Å². The largest absolute Gasteiger partial charge is 0.493 e. The number of benzene rings is 2. The number of halogens is 1. The predicted octanol–water partition coefficient (Wildman–Crippen LogP) is 3.81. The van der Waals surface area contributed by atoms with Gasteiger partial charge in [0.2, 0.25) is 0 Å². The molecule has 26 heavy (non-hydrogen) atoms. The van der Waals surface area contributed by atoms with Crippen LogP contribution in [0.3, 0.4) is 0 Å². The zero-order valence-electron chi connectivity index (χ0n) is 14.1. The van der Waals surface area contributed by atoms with Crippen LogP contribution >= 0.6 is 11.6 Å². The lowest BCUT2D eigenvalue weighted by molar-refractivity contribution is 0.0689. The lowest BCUT2D eigenvalue weighted by atomic mass is 10.1. The fraction of sp³-hybridized carbons (Fsp3) is 0.158. The van der Waals surface area contributed by atoms with Crippen LogP contribution in [-0.2, 0) is 6.42 Å². The number of hydrogen-bond acceptors (Lipinski definition) is 4. The molecule has 132 valence electrons. The zero-order chi connectivity index (χ0) is 18.4. The number of carboxylic acid groups (broad SMARTS) is 1. The van der Waals surface area contributed by atoms with E-state index in [2.05, 4.69) is 5.10 Å². The van der Waals surface area contributed by atoms with E-state index in [4.69, 9.17) is 21.1 Å². The summed E-state index contributed by atoms with van der Waals surface area (Å²) < 4.78 is 12.4. The Kier molecular flexibility index (Phi) is 3.85. The molecule has 0 saturated heterocycles. The fourth-order valence-electron chi connectivity index (χ4n) is 3.31. The maximum atomic E-state index is 11.7. The summed E-state index contributed by atoms with van der Waals surface area (Å²) in [6.45, 7) is 0. The minimum atomic E-state index is -1.05. The minimum Gasteiger partial charge on any atom is -0.493 e. The van der Waals surface area contributed by atoms with Gasteiger partial charge in [-0.15, -0.1) is 0 Å². The van der Waals surface area contributed by atoms with Crippen molar-refractivity contribution in [2.45, 2.75) is 6.42 Å². The minimum absolute atomic E-state index is 0.0454. The molecule has 0 fully saturated rings. The van der Waals surface area contributed by atoms with Crippen molar-refractivity contribution in [1.29, 1.82) is 0 Å². The van der Waals surface area contributed by atoms with Crippen molar-refractivity contribution in [3.05, 3.63) is 58.2 Å². The fourth-order valence-corrected chi connectivity index (χ4v) is 3.44. The average Bonchev–Trinajstić information content (AvgIpc) is 3.18. The molecular weight excluding hydrogens is 356 g/mol. The van der Waals surface area contributed by atoms with Gasteiger partial charge in [0, 0.05) is 22.6 Å². The SMILES string of the molecule is COc1cc2c(cc1OC)-c1c(c(C(=O)O)nn1-c1ccc(Cl)cc1)C2. The number of nitrogens with zero attached hydrogens (tertiary/aromatic N) is 2. The molecule has 0 spiro atoms. The highest BCUT2D eigenvalue weighted by Crippen LogP contribution is 2.44. The van der Waals surface area contributed by atoms with Crippen LogP contribution in [0.25, 0.3) is 16.9 Å². The zero-order valence-corrected chi connectivity index (χ0v) is 14.9. The summed E-state index contributed by atoms with van der Waals surface area (Å²) in [6, 6.07) is 10.8. The van der Waals surface area contributed by atoms with Crippen molar-refractivity contribution in [2.75, 3.05) is 14.2 Å².